The maximum absolute atomic E-state index is 12.8. The van der Waals surface area contributed by atoms with Gasteiger partial charge in [0.15, 0.2) is 5.78 Å². The van der Waals surface area contributed by atoms with Crippen LogP contribution in [-0.2, 0) is 0 Å². The minimum Gasteiger partial charge on any atom is -0.324 e. The van der Waals surface area contributed by atoms with Crippen LogP contribution in [0.3, 0.4) is 0 Å². The first kappa shape index (κ1) is 9.86. The summed E-state index contributed by atoms with van der Waals surface area (Å²) in [5, 5.41) is 0. The zero-order chi connectivity index (χ0) is 9.84. The van der Waals surface area contributed by atoms with E-state index in [9.17, 15) is 9.18 Å². The van der Waals surface area contributed by atoms with Gasteiger partial charge in [-0.1, -0.05) is 18.2 Å². The molecule has 0 fully saturated rings. The molecule has 0 saturated heterocycles. The Morgan fingerprint density at radius 2 is 2.31 bits per heavy atom. The smallest absolute Gasteiger partial charge is 0.176 e. The molecular weight excluding hydrogens is 169 g/mol. The fraction of sp³-hybridized carbons (Fsp3) is 0.300. The molecular formula is C10H12FNO. The number of carbonyl (C=O) groups excluding carboxylic acids is 1. The van der Waals surface area contributed by atoms with Gasteiger partial charge in [-0.05, 0) is 18.6 Å². The van der Waals surface area contributed by atoms with E-state index in [-0.39, 0.29) is 12.3 Å². The molecule has 1 aromatic carbocycles. The Balaban J connectivity index is 2.98. The van der Waals surface area contributed by atoms with Crippen molar-refractivity contribution in [2.24, 2.45) is 5.73 Å². The molecule has 0 radical (unpaired) electrons. The highest BCUT2D eigenvalue weighted by Gasteiger charge is 2.07. The molecule has 0 heterocycles. The molecule has 0 bridgehead atoms. The van der Waals surface area contributed by atoms with Crippen molar-refractivity contribution in [3.8, 4) is 0 Å². The van der Waals surface area contributed by atoms with Crippen molar-refractivity contribution in [2.75, 3.05) is 6.54 Å². The number of rotatable bonds is 3. The lowest BCUT2D eigenvalue weighted by molar-refractivity contribution is 0.100. The molecule has 0 spiro atoms. The van der Waals surface area contributed by atoms with Crippen LogP contribution in [-0.4, -0.2) is 12.3 Å². The predicted molar refractivity (Wildman–Crippen MR) is 49.3 cm³/mol. The summed E-state index contributed by atoms with van der Waals surface area (Å²) in [5.74, 6) is -0.164. The number of Topliss-reactive ketones (excluding diaryl/α,β-unsaturated/α-hetero) is 1. The van der Waals surface area contributed by atoms with Crippen LogP contribution in [0.1, 0.15) is 29.0 Å². The van der Waals surface area contributed by atoms with Crippen LogP contribution in [0.25, 0.3) is 0 Å². The Morgan fingerprint density at radius 1 is 1.62 bits per heavy atom. The molecule has 13 heavy (non-hydrogen) atoms. The number of carbonyl (C=O) groups is 1. The van der Waals surface area contributed by atoms with Gasteiger partial charge in [0, 0.05) is 5.56 Å². The Bertz CT molecular complexity index is 310. The van der Waals surface area contributed by atoms with Gasteiger partial charge >= 0.3 is 0 Å². The van der Waals surface area contributed by atoms with E-state index in [1.165, 1.54) is 6.92 Å². The summed E-state index contributed by atoms with van der Waals surface area (Å²) in [5.41, 5.74) is 6.18. The van der Waals surface area contributed by atoms with Crippen LogP contribution < -0.4 is 5.73 Å². The number of benzene rings is 1. The van der Waals surface area contributed by atoms with E-state index < -0.39 is 6.17 Å². The average molecular weight is 181 g/mol. The Morgan fingerprint density at radius 3 is 2.85 bits per heavy atom. The summed E-state index contributed by atoms with van der Waals surface area (Å²) in [4.78, 5) is 11.1. The van der Waals surface area contributed by atoms with E-state index in [2.05, 4.69) is 0 Å². The molecule has 1 aromatic rings. The fourth-order valence-electron chi connectivity index (χ4n) is 1.08. The minimum absolute atomic E-state index is 0.0376. The number of alkyl halides is 1. The van der Waals surface area contributed by atoms with Crippen molar-refractivity contribution >= 4 is 5.78 Å². The van der Waals surface area contributed by atoms with Crippen LogP contribution in [0.15, 0.2) is 24.3 Å². The summed E-state index contributed by atoms with van der Waals surface area (Å²) in [6.07, 6.45) is -1.05. The molecule has 0 aromatic heterocycles. The summed E-state index contributed by atoms with van der Waals surface area (Å²) in [6, 6.07) is 6.49. The second-order valence-corrected chi connectivity index (χ2v) is 2.87. The van der Waals surface area contributed by atoms with Gasteiger partial charge in [0.2, 0.25) is 0 Å². The third kappa shape index (κ3) is 2.36. The monoisotopic (exact) mass is 181 g/mol. The largest absolute Gasteiger partial charge is 0.324 e. The van der Waals surface area contributed by atoms with Gasteiger partial charge < -0.3 is 5.73 Å². The summed E-state index contributed by atoms with van der Waals surface area (Å²) in [6.45, 7) is 1.40. The lowest BCUT2D eigenvalue weighted by Crippen LogP contribution is -2.13. The van der Waals surface area contributed by atoms with Crippen molar-refractivity contribution in [1.82, 2.24) is 0 Å². The quantitative estimate of drug-likeness (QED) is 0.723. The molecule has 3 heteroatoms. The molecule has 2 N–H and O–H groups in total. The summed E-state index contributed by atoms with van der Waals surface area (Å²) < 4.78 is 12.8. The fourth-order valence-corrected chi connectivity index (χ4v) is 1.08. The lowest BCUT2D eigenvalue weighted by Gasteiger charge is -2.03. The first-order valence-corrected chi connectivity index (χ1v) is 4.12. The van der Waals surface area contributed by atoms with Gasteiger partial charge in [-0.2, -0.15) is 0 Å². The third-order valence-corrected chi connectivity index (χ3v) is 1.85. The molecule has 1 unspecified atom stereocenters. The second kappa shape index (κ2) is 4.14. The van der Waals surface area contributed by atoms with E-state index in [1.807, 2.05) is 0 Å². The van der Waals surface area contributed by atoms with Crippen molar-refractivity contribution in [3.05, 3.63) is 35.4 Å². The zero-order valence-corrected chi connectivity index (χ0v) is 7.46. The van der Waals surface area contributed by atoms with E-state index in [0.717, 1.165) is 0 Å². The average Bonchev–Trinajstić information content (AvgIpc) is 2.17. The normalized spacial score (nSPS) is 12.5. The zero-order valence-electron chi connectivity index (χ0n) is 7.46. The van der Waals surface area contributed by atoms with Gasteiger partial charge in [0.05, 0.1) is 6.54 Å². The first-order valence-electron chi connectivity index (χ1n) is 4.12. The molecule has 0 saturated carbocycles. The van der Waals surface area contributed by atoms with E-state index in [0.29, 0.717) is 11.1 Å². The molecule has 0 aliphatic heterocycles. The second-order valence-electron chi connectivity index (χ2n) is 2.87. The van der Waals surface area contributed by atoms with E-state index in [1.54, 1.807) is 24.3 Å². The maximum Gasteiger partial charge on any atom is 0.176 e. The van der Waals surface area contributed by atoms with E-state index >= 15 is 0 Å². The maximum atomic E-state index is 12.8. The highest BCUT2D eigenvalue weighted by atomic mass is 19.1. The summed E-state index contributed by atoms with van der Waals surface area (Å²) >= 11 is 0. The molecule has 2 nitrogen and oxygen atoms in total. The van der Waals surface area contributed by atoms with Gasteiger partial charge in [-0.25, -0.2) is 4.39 Å². The first-order chi connectivity index (χ1) is 6.15. The number of hydrogen-bond donors (Lipinski definition) is 1. The number of ketones is 1. The van der Waals surface area contributed by atoms with Crippen molar-refractivity contribution in [3.63, 3.8) is 0 Å². The van der Waals surface area contributed by atoms with Crippen LogP contribution in [0.2, 0.25) is 0 Å². The molecule has 0 aliphatic carbocycles. The topological polar surface area (TPSA) is 43.1 Å². The Labute approximate surface area is 76.6 Å². The number of hydrogen-bond acceptors (Lipinski definition) is 2. The van der Waals surface area contributed by atoms with Gasteiger partial charge in [-0.3, -0.25) is 4.79 Å². The highest BCUT2D eigenvalue weighted by Crippen LogP contribution is 2.17. The Kier molecular flexibility index (Phi) is 3.14. The van der Waals surface area contributed by atoms with Gasteiger partial charge in [-0.15, -0.1) is 0 Å². The number of nitrogens with two attached hydrogens (primary N) is 1. The van der Waals surface area contributed by atoms with E-state index in [4.69, 9.17) is 5.73 Å². The van der Waals surface area contributed by atoms with Crippen molar-refractivity contribution < 1.29 is 9.18 Å². The van der Waals surface area contributed by atoms with Crippen LogP contribution in [0.5, 0.6) is 0 Å². The van der Waals surface area contributed by atoms with Crippen molar-refractivity contribution in [1.29, 1.82) is 0 Å². The summed E-state index contributed by atoms with van der Waals surface area (Å²) in [7, 11) is 0. The van der Waals surface area contributed by atoms with Gasteiger partial charge in [0.1, 0.15) is 6.17 Å². The Hall–Kier alpha value is -1.22. The molecule has 70 valence electrons. The number of halogens is 1. The minimum atomic E-state index is -1.05. The SMILES string of the molecule is CC(F)c1cccc(C(=O)CN)c1. The molecule has 1 atom stereocenters. The lowest BCUT2D eigenvalue weighted by atomic mass is 10.1. The standard InChI is InChI=1S/C10H12FNO/c1-7(11)8-3-2-4-9(5-8)10(13)6-12/h2-5,7H,6,12H2,1H3. The highest BCUT2D eigenvalue weighted by molar-refractivity contribution is 5.97. The molecule has 0 amide bonds. The molecule has 0 aliphatic rings. The van der Waals surface area contributed by atoms with Crippen molar-refractivity contribution in [2.45, 2.75) is 13.1 Å². The third-order valence-electron chi connectivity index (χ3n) is 1.85. The predicted octanol–water partition coefficient (Wildman–Crippen LogP) is 1.86. The van der Waals surface area contributed by atoms with Gasteiger partial charge in [0.25, 0.3) is 0 Å². The van der Waals surface area contributed by atoms with Crippen LogP contribution in [0, 0.1) is 0 Å². The van der Waals surface area contributed by atoms with Crippen LogP contribution >= 0.6 is 0 Å². The van der Waals surface area contributed by atoms with Crippen LogP contribution in [0.4, 0.5) is 4.39 Å². The molecule has 1 rings (SSSR count).